The third kappa shape index (κ3) is 4.82. The number of aromatic amines is 1. The standard InChI is InChI=1S/C26H26N4O4/c1-15(2)23-22(12-11-21(16(3)31)25(23)33)34-14-17-7-9-18(10-8-17)24(32)19-5-4-6-20(13-19)26-27-29-30-28-26/h4-13,15,24,32-33H,14H2,1-3H3,(H,27,28,29,30). The minimum absolute atomic E-state index is 0.0185. The third-order valence-electron chi connectivity index (χ3n) is 5.63. The van der Waals surface area contributed by atoms with Gasteiger partial charge in [-0.05, 0) is 52.9 Å². The van der Waals surface area contributed by atoms with Gasteiger partial charge in [0.25, 0.3) is 0 Å². The summed E-state index contributed by atoms with van der Waals surface area (Å²) in [6.07, 6.45) is -0.814. The van der Waals surface area contributed by atoms with Crippen LogP contribution in [0.15, 0.2) is 60.7 Å². The molecule has 3 N–H and O–H groups in total. The number of carbonyl (C=O) groups is 1. The van der Waals surface area contributed by atoms with Gasteiger partial charge in [0.1, 0.15) is 24.2 Å². The average Bonchev–Trinajstić information content (AvgIpc) is 3.37. The maximum atomic E-state index is 11.8. The maximum absolute atomic E-state index is 11.8. The van der Waals surface area contributed by atoms with E-state index < -0.39 is 6.10 Å². The number of ether oxygens (including phenoxy) is 1. The van der Waals surface area contributed by atoms with Gasteiger partial charge in [0.05, 0.1) is 5.56 Å². The Labute approximate surface area is 197 Å². The first-order valence-electron chi connectivity index (χ1n) is 11.0. The Hall–Kier alpha value is -4.04. The highest BCUT2D eigenvalue weighted by Gasteiger charge is 2.19. The number of H-pyrrole nitrogens is 1. The number of benzene rings is 3. The predicted molar refractivity (Wildman–Crippen MR) is 127 cm³/mol. The zero-order valence-electron chi connectivity index (χ0n) is 19.2. The van der Waals surface area contributed by atoms with Crippen molar-refractivity contribution in [2.75, 3.05) is 0 Å². The van der Waals surface area contributed by atoms with Gasteiger partial charge < -0.3 is 14.9 Å². The third-order valence-corrected chi connectivity index (χ3v) is 5.63. The molecule has 4 rings (SSSR count). The Morgan fingerprint density at radius 3 is 2.47 bits per heavy atom. The van der Waals surface area contributed by atoms with Crippen LogP contribution in [-0.4, -0.2) is 36.6 Å². The van der Waals surface area contributed by atoms with Crippen LogP contribution in [0, 0.1) is 0 Å². The van der Waals surface area contributed by atoms with Gasteiger partial charge >= 0.3 is 0 Å². The average molecular weight is 459 g/mol. The van der Waals surface area contributed by atoms with E-state index in [9.17, 15) is 15.0 Å². The smallest absolute Gasteiger partial charge is 0.204 e. The number of hydrogen-bond donors (Lipinski definition) is 3. The Bertz CT molecular complexity index is 1280. The summed E-state index contributed by atoms with van der Waals surface area (Å²) in [7, 11) is 0. The number of aromatic nitrogens is 4. The number of aliphatic hydroxyl groups is 1. The van der Waals surface area contributed by atoms with Crippen LogP contribution in [0.25, 0.3) is 11.4 Å². The molecule has 0 aliphatic heterocycles. The number of tetrazole rings is 1. The fourth-order valence-electron chi connectivity index (χ4n) is 3.84. The van der Waals surface area contributed by atoms with Crippen molar-refractivity contribution in [3.63, 3.8) is 0 Å². The zero-order chi connectivity index (χ0) is 24.2. The molecule has 34 heavy (non-hydrogen) atoms. The van der Waals surface area contributed by atoms with E-state index in [0.29, 0.717) is 22.7 Å². The van der Waals surface area contributed by atoms with Crippen LogP contribution in [0.5, 0.6) is 11.5 Å². The monoisotopic (exact) mass is 458 g/mol. The van der Waals surface area contributed by atoms with E-state index in [1.54, 1.807) is 12.1 Å². The summed E-state index contributed by atoms with van der Waals surface area (Å²) < 4.78 is 5.99. The minimum Gasteiger partial charge on any atom is -0.507 e. The van der Waals surface area contributed by atoms with E-state index in [-0.39, 0.29) is 29.6 Å². The molecule has 0 aliphatic carbocycles. The number of aliphatic hydroxyl groups excluding tert-OH is 1. The van der Waals surface area contributed by atoms with Crippen molar-refractivity contribution < 1.29 is 19.7 Å². The first kappa shape index (κ1) is 23.1. The predicted octanol–water partition coefficient (Wildman–Crippen LogP) is 4.56. The lowest BCUT2D eigenvalue weighted by atomic mass is 9.96. The number of Topliss-reactive ketones (excluding diaryl/α,β-unsaturated/α-hetero) is 1. The number of hydrogen-bond acceptors (Lipinski definition) is 7. The van der Waals surface area contributed by atoms with E-state index in [1.807, 2.05) is 62.4 Å². The van der Waals surface area contributed by atoms with Crippen LogP contribution in [0.4, 0.5) is 0 Å². The number of phenolic OH excluding ortho intramolecular Hbond substituents is 1. The van der Waals surface area contributed by atoms with Gasteiger partial charge in [-0.15, -0.1) is 10.2 Å². The summed E-state index contributed by atoms with van der Waals surface area (Å²) in [6, 6.07) is 18.2. The van der Waals surface area contributed by atoms with Gasteiger partial charge in [0.2, 0.25) is 5.82 Å². The van der Waals surface area contributed by atoms with E-state index in [0.717, 1.165) is 16.7 Å². The molecule has 0 amide bonds. The molecule has 0 radical (unpaired) electrons. The van der Waals surface area contributed by atoms with Crippen molar-refractivity contribution in [1.29, 1.82) is 0 Å². The summed E-state index contributed by atoms with van der Waals surface area (Å²) in [6.45, 7) is 5.59. The quantitative estimate of drug-likeness (QED) is 0.331. The van der Waals surface area contributed by atoms with E-state index >= 15 is 0 Å². The molecule has 1 unspecified atom stereocenters. The van der Waals surface area contributed by atoms with Crippen molar-refractivity contribution >= 4 is 5.78 Å². The number of ketones is 1. The van der Waals surface area contributed by atoms with Gasteiger partial charge in [-0.1, -0.05) is 56.3 Å². The summed E-state index contributed by atoms with van der Waals surface area (Å²) in [5, 5.41) is 35.4. The number of rotatable bonds is 8. The topological polar surface area (TPSA) is 121 Å². The molecule has 8 heteroatoms. The van der Waals surface area contributed by atoms with Gasteiger partial charge in [-0.2, -0.15) is 5.21 Å². The van der Waals surface area contributed by atoms with Crippen LogP contribution in [0.3, 0.4) is 0 Å². The van der Waals surface area contributed by atoms with E-state index in [2.05, 4.69) is 20.6 Å². The van der Waals surface area contributed by atoms with Gasteiger partial charge in [-0.25, -0.2) is 0 Å². The van der Waals surface area contributed by atoms with Crippen LogP contribution in [-0.2, 0) is 6.61 Å². The van der Waals surface area contributed by atoms with Gasteiger partial charge in [-0.3, -0.25) is 4.79 Å². The minimum atomic E-state index is -0.814. The Morgan fingerprint density at radius 2 is 1.82 bits per heavy atom. The second-order valence-corrected chi connectivity index (χ2v) is 8.38. The molecule has 1 heterocycles. The fourth-order valence-corrected chi connectivity index (χ4v) is 3.84. The first-order valence-corrected chi connectivity index (χ1v) is 11.0. The molecule has 4 aromatic rings. The first-order chi connectivity index (χ1) is 16.3. The molecule has 1 aromatic heterocycles. The Morgan fingerprint density at radius 1 is 1.06 bits per heavy atom. The highest BCUT2D eigenvalue weighted by molar-refractivity contribution is 5.97. The van der Waals surface area contributed by atoms with E-state index in [4.69, 9.17) is 4.74 Å². The molecule has 1 atom stereocenters. The molecule has 3 aromatic carbocycles. The molecular weight excluding hydrogens is 432 g/mol. The second kappa shape index (κ2) is 9.84. The number of phenols is 1. The number of carbonyl (C=O) groups excluding carboxylic acids is 1. The van der Waals surface area contributed by atoms with Crippen molar-refractivity contribution in [3.05, 3.63) is 88.5 Å². The summed E-state index contributed by atoms with van der Waals surface area (Å²) in [5.74, 6) is 0.768. The van der Waals surface area contributed by atoms with Crippen LogP contribution in [0.1, 0.15) is 65.4 Å². The normalized spacial score (nSPS) is 12.0. The molecule has 0 saturated carbocycles. The highest BCUT2D eigenvalue weighted by Crippen LogP contribution is 2.37. The molecule has 0 spiro atoms. The highest BCUT2D eigenvalue weighted by atomic mass is 16.5. The molecule has 0 fully saturated rings. The van der Waals surface area contributed by atoms with Crippen molar-refractivity contribution in [2.24, 2.45) is 0 Å². The molecule has 0 bridgehead atoms. The van der Waals surface area contributed by atoms with Crippen LogP contribution in [0.2, 0.25) is 0 Å². The SMILES string of the molecule is CC(=O)c1ccc(OCc2ccc(C(O)c3cccc(-c4nn[nH]n4)c3)cc2)c(C(C)C)c1O. The summed E-state index contributed by atoms with van der Waals surface area (Å²) in [5.41, 5.74) is 4.02. The summed E-state index contributed by atoms with van der Waals surface area (Å²) in [4.78, 5) is 11.8. The van der Waals surface area contributed by atoms with Crippen molar-refractivity contribution in [2.45, 2.75) is 39.4 Å². The maximum Gasteiger partial charge on any atom is 0.204 e. The van der Waals surface area contributed by atoms with Crippen LogP contribution < -0.4 is 4.74 Å². The van der Waals surface area contributed by atoms with Gasteiger partial charge in [0.15, 0.2) is 5.78 Å². The molecular formula is C26H26N4O4. The fraction of sp³-hybridized carbons (Fsp3) is 0.231. The summed E-state index contributed by atoms with van der Waals surface area (Å²) >= 11 is 0. The largest absolute Gasteiger partial charge is 0.507 e. The number of nitrogens with one attached hydrogen (secondary N) is 1. The number of aromatic hydroxyl groups is 1. The second-order valence-electron chi connectivity index (χ2n) is 8.38. The van der Waals surface area contributed by atoms with Crippen molar-refractivity contribution in [1.82, 2.24) is 20.6 Å². The molecule has 0 saturated heterocycles. The molecule has 174 valence electrons. The molecule has 0 aliphatic rings. The van der Waals surface area contributed by atoms with Crippen molar-refractivity contribution in [3.8, 4) is 22.9 Å². The number of nitrogens with zero attached hydrogens (tertiary/aromatic N) is 3. The zero-order valence-corrected chi connectivity index (χ0v) is 19.2. The van der Waals surface area contributed by atoms with E-state index in [1.165, 1.54) is 6.92 Å². The van der Waals surface area contributed by atoms with Gasteiger partial charge in [0, 0.05) is 11.1 Å². The lowest BCUT2D eigenvalue weighted by molar-refractivity contribution is 0.101. The molecule has 8 nitrogen and oxygen atoms in total. The Balaban J connectivity index is 1.48. The Kier molecular flexibility index (Phi) is 6.70. The lowest BCUT2D eigenvalue weighted by Crippen LogP contribution is -2.04. The lowest BCUT2D eigenvalue weighted by Gasteiger charge is -2.18. The van der Waals surface area contributed by atoms with Crippen LogP contribution >= 0.6 is 0 Å².